The summed E-state index contributed by atoms with van der Waals surface area (Å²) < 4.78 is 4.95. The highest BCUT2D eigenvalue weighted by Crippen LogP contribution is 2.30. The lowest BCUT2D eigenvalue weighted by atomic mass is 9.81. The van der Waals surface area contributed by atoms with Gasteiger partial charge in [-0.3, -0.25) is 4.79 Å². The smallest absolute Gasteiger partial charge is 0.246 e. The second-order valence-corrected chi connectivity index (χ2v) is 8.93. The van der Waals surface area contributed by atoms with Crippen molar-refractivity contribution in [3.8, 4) is 11.1 Å². The molecule has 1 aliphatic rings. The quantitative estimate of drug-likeness (QED) is 0.576. The van der Waals surface area contributed by atoms with E-state index in [-0.39, 0.29) is 24.5 Å². The fraction of sp³-hybridized carbons (Fsp3) is 0.458. The van der Waals surface area contributed by atoms with Gasteiger partial charge in [-0.05, 0) is 60.1 Å². The molecule has 162 valence electrons. The Hall–Kier alpha value is -1.59. The molecule has 2 aromatic rings. The van der Waals surface area contributed by atoms with Crippen LogP contribution in [0.4, 0.5) is 0 Å². The van der Waals surface area contributed by atoms with Gasteiger partial charge in [-0.1, -0.05) is 66.7 Å². The van der Waals surface area contributed by atoms with Gasteiger partial charge < -0.3 is 15.2 Å². The topological polar surface area (TPSA) is 58.6 Å². The van der Waals surface area contributed by atoms with Crippen LogP contribution in [-0.4, -0.2) is 36.9 Å². The summed E-state index contributed by atoms with van der Waals surface area (Å²) >= 11 is 12.2. The molecule has 6 heteroatoms. The molecular weight excluding hydrogens is 421 g/mol. The fourth-order valence-corrected chi connectivity index (χ4v) is 4.77. The van der Waals surface area contributed by atoms with Gasteiger partial charge >= 0.3 is 0 Å². The Morgan fingerprint density at radius 3 is 2.30 bits per heavy atom. The van der Waals surface area contributed by atoms with Crippen LogP contribution in [0.25, 0.3) is 11.1 Å². The van der Waals surface area contributed by atoms with Gasteiger partial charge in [-0.25, -0.2) is 0 Å². The highest BCUT2D eigenvalue weighted by atomic mass is 35.5. The van der Waals surface area contributed by atoms with Crippen LogP contribution in [0.2, 0.25) is 10.0 Å². The van der Waals surface area contributed by atoms with Crippen LogP contribution in [0, 0.1) is 5.92 Å². The maximum atomic E-state index is 12.2. The van der Waals surface area contributed by atoms with E-state index in [4.69, 9.17) is 27.9 Å². The second-order valence-electron chi connectivity index (χ2n) is 8.05. The van der Waals surface area contributed by atoms with Crippen LogP contribution in [0.1, 0.15) is 37.7 Å². The first-order chi connectivity index (χ1) is 14.5. The number of benzene rings is 2. The Morgan fingerprint density at radius 2 is 1.70 bits per heavy atom. The van der Waals surface area contributed by atoms with Crippen molar-refractivity contribution in [1.29, 1.82) is 0 Å². The van der Waals surface area contributed by atoms with Gasteiger partial charge in [0, 0.05) is 17.2 Å². The minimum absolute atomic E-state index is 0.0116. The number of hydrogen-bond acceptors (Lipinski definition) is 3. The third-order valence-electron chi connectivity index (χ3n) is 5.77. The highest BCUT2D eigenvalue weighted by molar-refractivity contribution is 6.35. The molecule has 0 aromatic heterocycles. The minimum atomic E-state index is -0.572. The van der Waals surface area contributed by atoms with E-state index in [0.29, 0.717) is 16.5 Å². The second kappa shape index (κ2) is 11.1. The molecule has 0 bridgehead atoms. The number of aliphatic hydroxyl groups excluding tert-OH is 1. The minimum Gasteiger partial charge on any atom is -0.391 e. The zero-order valence-electron chi connectivity index (χ0n) is 17.2. The molecule has 2 atom stereocenters. The predicted molar refractivity (Wildman–Crippen MR) is 122 cm³/mol. The average Bonchev–Trinajstić information content (AvgIpc) is 2.73. The Morgan fingerprint density at radius 1 is 1.07 bits per heavy atom. The lowest BCUT2D eigenvalue weighted by Crippen LogP contribution is -2.49. The van der Waals surface area contributed by atoms with E-state index in [9.17, 15) is 9.90 Å². The molecular formula is C24H29Cl2NO3. The normalized spacial score (nSPS) is 16.8. The molecule has 30 heavy (non-hydrogen) atoms. The summed E-state index contributed by atoms with van der Waals surface area (Å²) in [6.45, 7) is -0.0116. The van der Waals surface area contributed by atoms with Crippen LogP contribution in [0.3, 0.4) is 0 Å². The predicted octanol–water partition coefficient (Wildman–Crippen LogP) is 5.28. The van der Waals surface area contributed by atoms with E-state index in [1.807, 2.05) is 36.4 Å². The van der Waals surface area contributed by atoms with Crippen molar-refractivity contribution in [3.05, 3.63) is 58.1 Å². The maximum absolute atomic E-state index is 12.2. The van der Waals surface area contributed by atoms with Crippen LogP contribution in [-0.2, 0) is 16.0 Å². The van der Waals surface area contributed by atoms with Crippen LogP contribution in [0.5, 0.6) is 0 Å². The van der Waals surface area contributed by atoms with Gasteiger partial charge in [0.05, 0.1) is 12.1 Å². The van der Waals surface area contributed by atoms with Crippen molar-refractivity contribution in [2.24, 2.45) is 5.92 Å². The Labute approximate surface area is 188 Å². The zero-order valence-corrected chi connectivity index (χ0v) is 18.8. The molecule has 1 fully saturated rings. The summed E-state index contributed by atoms with van der Waals surface area (Å²) in [4.78, 5) is 12.2. The zero-order chi connectivity index (χ0) is 21.5. The van der Waals surface area contributed by atoms with E-state index in [1.165, 1.54) is 13.5 Å². The number of amides is 1. The first kappa shape index (κ1) is 23.1. The molecule has 4 nitrogen and oxygen atoms in total. The number of rotatable bonds is 8. The summed E-state index contributed by atoms with van der Waals surface area (Å²) in [5, 5.41) is 15.2. The Balaban J connectivity index is 1.74. The molecule has 2 aromatic carbocycles. The molecule has 0 saturated heterocycles. The lowest BCUT2D eigenvalue weighted by molar-refractivity contribution is -0.126. The molecule has 0 aliphatic heterocycles. The van der Waals surface area contributed by atoms with Gasteiger partial charge in [0.2, 0.25) is 5.91 Å². The summed E-state index contributed by atoms with van der Waals surface area (Å²) in [5.74, 6) is 0.0158. The number of aliphatic hydroxyl groups is 1. The molecule has 0 heterocycles. The molecule has 1 amide bonds. The third-order valence-corrected chi connectivity index (χ3v) is 6.21. The first-order valence-electron chi connectivity index (χ1n) is 10.5. The number of carbonyl (C=O) groups excluding carboxylic acids is 1. The highest BCUT2D eigenvalue weighted by Gasteiger charge is 2.30. The van der Waals surface area contributed by atoms with Crippen molar-refractivity contribution in [3.63, 3.8) is 0 Å². The Kier molecular flexibility index (Phi) is 8.58. The van der Waals surface area contributed by atoms with Crippen LogP contribution < -0.4 is 5.32 Å². The molecule has 2 N–H and O–H groups in total. The SMILES string of the molecule is COCC(=O)N[C@@H](Cc1ccc(-c2cc(Cl)cc(Cl)c2)cc1)[C@H](O)C1CCCCC1. The van der Waals surface area contributed by atoms with Crippen molar-refractivity contribution in [2.45, 2.75) is 50.7 Å². The average molecular weight is 450 g/mol. The van der Waals surface area contributed by atoms with Crippen molar-refractivity contribution < 1.29 is 14.6 Å². The molecule has 3 rings (SSSR count). The van der Waals surface area contributed by atoms with E-state index in [0.717, 1.165) is 42.4 Å². The molecule has 0 unspecified atom stereocenters. The van der Waals surface area contributed by atoms with E-state index < -0.39 is 6.10 Å². The third kappa shape index (κ3) is 6.45. The van der Waals surface area contributed by atoms with Gasteiger partial charge in [0.15, 0.2) is 0 Å². The summed E-state index contributed by atoms with van der Waals surface area (Å²) in [5.41, 5.74) is 3.01. The summed E-state index contributed by atoms with van der Waals surface area (Å²) in [7, 11) is 1.49. The first-order valence-corrected chi connectivity index (χ1v) is 11.2. The van der Waals surface area contributed by atoms with Gasteiger partial charge in [0.1, 0.15) is 6.61 Å². The standard InChI is InChI=1S/C24H29Cl2NO3/c1-30-15-23(28)27-22(24(29)18-5-3-2-4-6-18)11-16-7-9-17(10-8-16)19-12-20(25)14-21(26)13-19/h7-10,12-14,18,22,24,29H,2-6,11,15H2,1H3,(H,27,28)/t22-,24+/m0/s1. The largest absolute Gasteiger partial charge is 0.391 e. The van der Waals surface area contributed by atoms with Crippen LogP contribution in [0.15, 0.2) is 42.5 Å². The lowest BCUT2D eigenvalue weighted by Gasteiger charge is -2.33. The van der Waals surface area contributed by atoms with Crippen LogP contribution >= 0.6 is 23.2 Å². The van der Waals surface area contributed by atoms with E-state index in [1.54, 1.807) is 6.07 Å². The summed E-state index contributed by atoms with van der Waals surface area (Å²) in [6.07, 6.45) is 5.49. The number of nitrogens with one attached hydrogen (secondary N) is 1. The maximum Gasteiger partial charge on any atom is 0.246 e. The van der Waals surface area contributed by atoms with Crippen molar-refractivity contribution in [2.75, 3.05) is 13.7 Å². The van der Waals surface area contributed by atoms with Gasteiger partial charge in [-0.15, -0.1) is 0 Å². The van der Waals surface area contributed by atoms with Gasteiger partial charge in [0.25, 0.3) is 0 Å². The number of halogens is 2. The number of hydrogen-bond donors (Lipinski definition) is 2. The fourth-order valence-electron chi connectivity index (χ4n) is 4.25. The molecule has 1 aliphatic carbocycles. The van der Waals surface area contributed by atoms with E-state index >= 15 is 0 Å². The molecule has 0 radical (unpaired) electrons. The number of ether oxygens (including phenoxy) is 1. The van der Waals surface area contributed by atoms with Crippen molar-refractivity contribution >= 4 is 29.1 Å². The number of methoxy groups -OCH3 is 1. The van der Waals surface area contributed by atoms with E-state index in [2.05, 4.69) is 5.32 Å². The monoisotopic (exact) mass is 449 g/mol. The number of carbonyl (C=O) groups is 1. The summed E-state index contributed by atoms with van der Waals surface area (Å²) in [6, 6.07) is 13.2. The Bertz CT molecular complexity index is 815. The molecule has 1 saturated carbocycles. The molecule has 0 spiro atoms. The van der Waals surface area contributed by atoms with Crippen molar-refractivity contribution in [1.82, 2.24) is 5.32 Å². The van der Waals surface area contributed by atoms with Gasteiger partial charge in [-0.2, -0.15) is 0 Å².